The topological polar surface area (TPSA) is 65.2 Å². The van der Waals surface area contributed by atoms with Crippen molar-refractivity contribution in [2.75, 3.05) is 7.05 Å². The van der Waals surface area contributed by atoms with Crippen LogP contribution in [0, 0.1) is 0 Å². The van der Waals surface area contributed by atoms with Crippen LogP contribution in [0.25, 0.3) is 0 Å². The van der Waals surface area contributed by atoms with Gasteiger partial charge in [0.25, 0.3) is 5.91 Å². The van der Waals surface area contributed by atoms with Crippen molar-refractivity contribution < 1.29 is 9.53 Å². The molecule has 7 nitrogen and oxygen atoms in total. The highest BCUT2D eigenvalue weighted by molar-refractivity contribution is 9.10. The number of aryl methyl sites for hydroxylation is 1. The molecule has 1 aromatic carbocycles. The van der Waals surface area contributed by atoms with Crippen LogP contribution >= 0.6 is 39.1 Å². The summed E-state index contributed by atoms with van der Waals surface area (Å²) in [5.74, 6) is 0.167. The Bertz CT molecular complexity index is 932. The van der Waals surface area contributed by atoms with Gasteiger partial charge in [0.1, 0.15) is 0 Å². The maximum absolute atomic E-state index is 12.6. The normalized spacial score (nSPS) is 10.9. The van der Waals surface area contributed by atoms with Crippen molar-refractivity contribution in [1.82, 2.24) is 24.5 Å². The molecule has 1 amide bonds. The maximum Gasteiger partial charge on any atom is 0.274 e. The molecule has 0 aliphatic heterocycles. The van der Waals surface area contributed by atoms with Crippen molar-refractivity contribution >= 4 is 45.0 Å². The first kappa shape index (κ1) is 19.7. The Morgan fingerprint density at radius 1 is 1.30 bits per heavy atom. The molecule has 0 bridgehead atoms. The standard InChI is InChI=1S/C17H16BrCl2N5O2/c1-23(9-15-11(18)8-21-24(15)2)17(26)14-6-7-25(22-14)10-27-16-12(19)4-3-5-13(16)20/h3-8H,9-10H2,1-2H3. The van der Waals surface area contributed by atoms with Gasteiger partial charge in [0, 0.05) is 20.3 Å². The van der Waals surface area contributed by atoms with Crippen LogP contribution in [0.5, 0.6) is 5.75 Å². The first-order valence-electron chi connectivity index (χ1n) is 7.89. The van der Waals surface area contributed by atoms with Crippen molar-refractivity contribution in [3.8, 4) is 5.75 Å². The fourth-order valence-corrected chi connectivity index (χ4v) is 3.38. The van der Waals surface area contributed by atoms with E-state index in [2.05, 4.69) is 26.1 Å². The van der Waals surface area contributed by atoms with Crippen molar-refractivity contribution in [3.63, 3.8) is 0 Å². The molecular formula is C17H16BrCl2N5O2. The second kappa shape index (κ2) is 8.33. The van der Waals surface area contributed by atoms with E-state index < -0.39 is 0 Å². The molecule has 2 aromatic heterocycles. The number of hydrogen-bond donors (Lipinski definition) is 0. The summed E-state index contributed by atoms with van der Waals surface area (Å²) in [5.41, 5.74) is 1.20. The van der Waals surface area contributed by atoms with Crippen molar-refractivity contribution in [3.05, 3.63) is 62.6 Å². The lowest BCUT2D eigenvalue weighted by Gasteiger charge is -2.16. The Morgan fingerprint density at radius 3 is 2.63 bits per heavy atom. The molecule has 3 aromatic rings. The predicted molar refractivity (Wildman–Crippen MR) is 106 cm³/mol. The van der Waals surface area contributed by atoms with E-state index in [9.17, 15) is 4.79 Å². The number of benzene rings is 1. The van der Waals surface area contributed by atoms with Crippen LogP contribution in [0.15, 0.2) is 41.1 Å². The highest BCUT2D eigenvalue weighted by atomic mass is 79.9. The Hall–Kier alpha value is -2.03. The van der Waals surface area contributed by atoms with Gasteiger partial charge < -0.3 is 9.64 Å². The van der Waals surface area contributed by atoms with E-state index in [-0.39, 0.29) is 12.6 Å². The van der Waals surface area contributed by atoms with E-state index in [0.717, 1.165) is 10.2 Å². The number of aromatic nitrogens is 4. The molecule has 0 saturated heterocycles. The first-order valence-corrected chi connectivity index (χ1v) is 9.44. The molecule has 0 fully saturated rings. The van der Waals surface area contributed by atoms with Crippen LogP contribution in [0.1, 0.15) is 16.2 Å². The van der Waals surface area contributed by atoms with Crippen LogP contribution in [0.4, 0.5) is 0 Å². The third-order valence-corrected chi connectivity index (χ3v) is 5.12. The number of halogens is 3. The highest BCUT2D eigenvalue weighted by Crippen LogP contribution is 2.32. The Labute approximate surface area is 174 Å². The fraction of sp³-hybridized carbons (Fsp3) is 0.235. The molecule has 0 unspecified atom stereocenters. The van der Waals surface area contributed by atoms with Crippen LogP contribution in [-0.2, 0) is 20.3 Å². The zero-order valence-electron chi connectivity index (χ0n) is 14.6. The molecule has 0 radical (unpaired) electrons. The number of nitrogens with zero attached hydrogens (tertiary/aromatic N) is 5. The lowest BCUT2D eigenvalue weighted by Crippen LogP contribution is -2.28. The number of para-hydroxylation sites is 1. The van der Waals surface area contributed by atoms with Crippen LogP contribution in [0.3, 0.4) is 0 Å². The fourth-order valence-electron chi connectivity index (χ4n) is 2.40. The summed E-state index contributed by atoms with van der Waals surface area (Å²) in [4.78, 5) is 14.2. The number of ether oxygens (including phenoxy) is 1. The zero-order valence-corrected chi connectivity index (χ0v) is 17.7. The van der Waals surface area contributed by atoms with Gasteiger partial charge in [-0.05, 0) is 34.1 Å². The molecule has 27 heavy (non-hydrogen) atoms. The molecule has 0 N–H and O–H groups in total. The predicted octanol–water partition coefficient (Wildman–Crippen LogP) is 3.99. The van der Waals surface area contributed by atoms with Crippen LogP contribution < -0.4 is 4.74 Å². The monoisotopic (exact) mass is 471 g/mol. The lowest BCUT2D eigenvalue weighted by atomic mass is 10.3. The highest BCUT2D eigenvalue weighted by Gasteiger charge is 2.18. The number of amides is 1. The van der Waals surface area contributed by atoms with Crippen LogP contribution in [-0.4, -0.2) is 37.4 Å². The summed E-state index contributed by atoms with van der Waals surface area (Å²) in [7, 11) is 3.53. The molecule has 0 spiro atoms. The quantitative estimate of drug-likeness (QED) is 0.544. The zero-order chi connectivity index (χ0) is 19.6. The Morgan fingerprint density at radius 2 is 2.00 bits per heavy atom. The number of hydrogen-bond acceptors (Lipinski definition) is 4. The minimum atomic E-state index is -0.211. The van der Waals surface area contributed by atoms with Crippen molar-refractivity contribution in [1.29, 1.82) is 0 Å². The van der Waals surface area contributed by atoms with Crippen LogP contribution in [0.2, 0.25) is 10.0 Å². The number of carbonyl (C=O) groups is 1. The average Bonchev–Trinajstić information content (AvgIpc) is 3.22. The van der Waals surface area contributed by atoms with E-state index in [1.807, 2.05) is 7.05 Å². The molecule has 142 valence electrons. The van der Waals surface area contributed by atoms with Gasteiger partial charge in [-0.1, -0.05) is 29.3 Å². The minimum absolute atomic E-state index is 0.0771. The van der Waals surface area contributed by atoms with E-state index in [1.165, 1.54) is 4.68 Å². The van der Waals surface area contributed by atoms with E-state index in [0.29, 0.717) is 28.0 Å². The molecule has 3 rings (SSSR count). The molecule has 0 aliphatic rings. The first-order chi connectivity index (χ1) is 12.9. The second-order valence-electron chi connectivity index (χ2n) is 5.79. The summed E-state index contributed by atoms with van der Waals surface area (Å²) in [6.07, 6.45) is 3.35. The summed E-state index contributed by atoms with van der Waals surface area (Å²) < 4.78 is 9.68. The summed E-state index contributed by atoms with van der Waals surface area (Å²) in [6.45, 7) is 0.474. The van der Waals surface area contributed by atoms with Gasteiger partial charge in [-0.25, -0.2) is 4.68 Å². The molecule has 0 atom stereocenters. The average molecular weight is 473 g/mol. The third kappa shape index (κ3) is 4.45. The van der Waals surface area contributed by atoms with Gasteiger partial charge in [0.15, 0.2) is 18.2 Å². The number of carbonyl (C=O) groups excluding carboxylic acids is 1. The van der Waals surface area contributed by atoms with E-state index in [1.54, 1.807) is 53.3 Å². The SMILES string of the molecule is CN(Cc1c(Br)cnn1C)C(=O)c1ccn(COc2c(Cl)cccc2Cl)n1. The molecule has 10 heteroatoms. The molecule has 0 aliphatic carbocycles. The lowest BCUT2D eigenvalue weighted by molar-refractivity contribution is 0.0773. The molecular weight excluding hydrogens is 457 g/mol. The maximum atomic E-state index is 12.6. The second-order valence-corrected chi connectivity index (χ2v) is 7.46. The summed E-state index contributed by atoms with van der Waals surface area (Å²) >= 11 is 15.6. The largest absolute Gasteiger partial charge is 0.468 e. The Kier molecular flexibility index (Phi) is 6.08. The summed E-state index contributed by atoms with van der Waals surface area (Å²) in [6, 6.07) is 6.74. The molecule has 2 heterocycles. The van der Waals surface area contributed by atoms with Gasteiger partial charge in [-0.3, -0.25) is 9.48 Å². The van der Waals surface area contributed by atoms with Gasteiger partial charge in [-0.2, -0.15) is 10.2 Å². The van der Waals surface area contributed by atoms with Gasteiger partial charge >= 0.3 is 0 Å². The minimum Gasteiger partial charge on any atom is -0.468 e. The smallest absolute Gasteiger partial charge is 0.274 e. The molecule has 0 saturated carbocycles. The van der Waals surface area contributed by atoms with Gasteiger partial charge in [0.05, 0.1) is 33.0 Å². The van der Waals surface area contributed by atoms with Gasteiger partial charge in [0.2, 0.25) is 0 Å². The van der Waals surface area contributed by atoms with E-state index in [4.69, 9.17) is 27.9 Å². The summed E-state index contributed by atoms with van der Waals surface area (Å²) in [5, 5.41) is 9.23. The third-order valence-electron chi connectivity index (χ3n) is 3.86. The van der Waals surface area contributed by atoms with Crippen molar-refractivity contribution in [2.45, 2.75) is 13.3 Å². The van der Waals surface area contributed by atoms with Crippen molar-refractivity contribution in [2.24, 2.45) is 7.05 Å². The number of rotatable bonds is 6. The van der Waals surface area contributed by atoms with E-state index >= 15 is 0 Å². The van der Waals surface area contributed by atoms with Gasteiger partial charge in [-0.15, -0.1) is 0 Å². The Balaban J connectivity index is 1.65.